The van der Waals surface area contributed by atoms with Crippen LogP contribution in [0.15, 0.2) is 30.3 Å². The van der Waals surface area contributed by atoms with Gasteiger partial charge in [-0.1, -0.05) is 65.2 Å². The van der Waals surface area contributed by atoms with Gasteiger partial charge in [-0.05, 0) is 30.9 Å². The van der Waals surface area contributed by atoms with Crippen LogP contribution in [0.25, 0.3) is 0 Å². The van der Waals surface area contributed by atoms with Crippen molar-refractivity contribution in [2.24, 2.45) is 5.92 Å². The van der Waals surface area contributed by atoms with E-state index < -0.39 is 0 Å². The minimum atomic E-state index is -0.361. The van der Waals surface area contributed by atoms with Crippen molar-refractivity contribution in [3.8, 4) is 0 Å². The van der Waals surface area contributed by atoms with Crippen LogP contribution in [0.3, 0.4) is 0 Å². The quantitative estimate of drug-likeness (QED) is 0.370. The normalized spacial score (nSPS) is 12.6. The third-order valence-corrected chi connectivity index (χ3v) is 3.55. The van der Waals surface area contributed by atoms with Crippen molar-refractivity contribution in [1.29, 1.82) is 0 Å². The average molecular weight is 381 g/mol. The van der Waals surface area contributed by atoms with Crippen LogP contribution in [0.4, 0.5) is 5.69 Å². The van der Waals surface area contributed by atoms with Crippen molar-refractivity contribution in [2.45, 2.75) is 72.0 Å². The number of anilines is 1. The Labute approximate surface area is 163 Å². The van der Waals surface area contributed by atoms with Gasteiger partial charge < -0.3 is 9.59 Å². The molecule has 0 aliphatic carbocycles. The molecule has 0 saturated heterocycles. The predicted octanol–water partition coefficient (Wildman–Crippen LogP) is 4.32. The molecule has 0 aromatic heterocycles. The largest absolute Gasteiger partial charge is 0.300 e. The smallest absolute Gasteiger partial charge is 0.151 e. The van der Waals surface area contributed by atoms with Crippen LogP contribution in [0.5, 0.6) is 0 Å². The first-order chi connectivity index (χ1) is 13.1. The summed E-state index contributed by atoms with van der Waals surface area (Å²) in [6.45, 7) is 9.10. The van der Waals surface area contributed by atoms with Crippen LogP contribution in [0, 0.1) is 5.92 Å². The molecule has 154 valence electrons. The third-order valence-electron chi connectivity index (χ3n) is 3.55. The maximum Gasteiger partial charge on any atom is 0.151 e. The van der Waals surface area contributed by atoms with Crippen molar-refractivity contribution >= 4 is 18.3 Å². The lowest BCUT2D eigenvalue weighted by Gasteiger charge is -2.12. The number of carbonyl (C=O) groups is 2. The Morgan fingerprint density at radius 1 is 0.926 bits per heavy atom. The second-order valence-corrected chi connectivity index (χ2v) is 6.73. The topological polar surface area (TPSA) is 76.7 Å². The molecule has 6 nitrogen and oxygen atoms in total. The molecule has 2 unspecified atom stereocenters. The van der Waals surface area contributed by atoms with Gasteiger partial charge in [-0.25, -0.2) is 5.48 Å². The Kier molecular flexibility index (Phi) is 16.5. The molecule has 0 saturated carbocycles. The summed E-state index contributed by atoms with van der Waals surface area (Å²) in [6.07, 6.45) is 5.65. The Balaban J connectivity index is 0.000000503. The van der Waals surface area contributed by atoms with Crippen LogP contribution in [-0.4, -0.2) is 31.3 Å². The van der Waals surface area contributed by atoms with Crippen molar-refractivity contribution in [2.75, 3.05) is 12.0 Å². The van der Waals surface area contributed by atoms with Gasteiger partial charge >= 0.3 is 0 Å². The number of aldehydes is 2. The first-order valence-electron chi connectivity index (χ1n) is 9.83. The monoisotopic (exact) mass is 380 g/mol. The van der Waals surface area contributed by atoms with Gasteiger partial charge in [0, 0.05) is 6.54 Å². The van der Waals surface area contributed by atoms with E-state index in [0.29, 0.717) is 5.92 Å². The summed E-state index contributed by atoms with van der Waals surface area (Å²) in [5.74, 6) is 0.540. The van der Waals surface area contributed by atoms with Crippen LogP contribution >= 0.6 is 0 Å². The molecular weight excluding hydrogens is 344 g/mol. The van der Waals surface area contributed by atoms with Gasteiger partial charge in [-0.3, -0.25) is 15.2 Å². The molecule has 1 rings (SSSR count). The molecule has 2 atom stereocenters. The maximum atomic E-state index is 10.6. The number of rotatable bonds is 14. The zero-order valence-corrected chi connectivity index (χ0v) is 17.1. The highest BCUT2D eigenvalue weighted by Gasteiger charge is 2.07. The fourth-order valence-corrected chi connectivity index (χ4v) is 1.97. The van der Waals surface area contributed by atoms with E-state index in [-0.39, 0.29) is 12.2 Å². The molecule has 0 heterocycles. The highest BCUT2D eigenvalue weighted by Crippen LogP contribution is 2.07. The summed E-state index contributed by atoms with van der Waals surface area (Å²) < 4.78 is 0. The molecule has 0 bridgehead atoms. The second-order valence-electron chi connectivity index (χ2n) is 6.73. The van der Waals surface area contributed by atoms with Crippen LogP contribution in [0.1, 0.15) is 59.8 Å². The SMILES string of the molecule is CCCC(C=O)ONc1ccccc1.CCCCC(C=O)ONCC(C)C. The summed E-state index contributed by atoms with van der Waals surface area (Å²) in [6, 6.07) is 9.50. The molecule has 0 aliphatic heterocycles. The summed E-state index contributed by atoms with van der Waals surface area (Å²) >= 11 is 0. The van der Waals surface area contributed by atoms with Gasteiger partial charge in [-0.15, -0.1) is 0 Å². The average Bonchev–Trinajstić information content (AvgIpc) is 2.68. The molecule has 1 aromatic carbocycles. The van der Waals surface area contributed by atoms with E-state index in [1.807, 2.05) is 37.3 Å². The third kappa shape index (κ3) is 15.0. The minimum absolute atomic E-state index is 0.279. The Bertz CT molecular complexity index is 469. The minimum Gasteiger partial charge on any atom is -0.300 e. The highest BCUT2D eigenvalue weighted by atomic mass is 16.7. The number of benzene rings is 1. The second kappa shape index (κ2) is 17.6. The molecule has 0 spiro atoms. The summed E-state index contributed by atoms with van der Waals surface area (Å²) in [5.41, 5.74) is 6.42. The van der Waals surface area contributed by atoms with Crippen molar-refractivity contribution in [3.63, 3.8) is 0 Å². The zero-order chi connectivity index (χ0) is 20.3. The van der Waals surface area contributed by atoms with Crippen molar-refractivity contribution in [3.05, 3.63) is 30.3 Å². The predicted molar refractivity (Wildman–Crippen MR) is 109 cm³/mol. The van der Waals surface area contributed by atoms with E-state index >= 15 is 0 Å². The molecule has 0 fully saturated rings. The van der Waals surface area contributed by atoms with Crippen LogP contribution < -0.4 is 11.0 Å². The summed E-state index contributed by atoms with van der Waals surface area (Å²) in [4.78, 5) is 31.5. The fraction of sp³-hybridized carbons (Fsp3) is 0.619. The fourth-order valence-electron chi connectivity index (χ4n) is 1.97. The van der Waals surface area contributed by atoms with E-state index in [1.54, 1.807) is 0 Å². The lowest BCUT2D eigenvalue weighted by atomic mass is 10.2. The molecule has 6 heteroatoms. The summed E-state index contributed by atoms with van der Waals surface area (Å²) in [5, 5.41) is 0. The number of hydrogen-bond donors (Lipinski definition) is 2. The molecule has 2 N–H and O–H groups in total. The van der Waals surface area contributed by atoms with Gasteiger partial charge in [-0.2, -0.15) is 0 Å². The zero-order valence-electron chi connectivity index (χ0n) is 17.1. The molecule has 0 aliphatic rings. The van der Waals surface area contributed by atoms with E-state index in [0.717, 1.165) is 56.9 Å². The Morgan fingerprint density at radius 2 is 1.56 bits per heavy atom. The maximum absolute atomic E-state index is 10.6. The first-order valence-corrected chi connectivity index (χ1v) is 9.83. The molecule has 0 radical (unpaired) electrons. The molecule has 0 amide bonds. The number of para-hydroxylation sites is 1. The lowest BCUT2D eigenvalue weighted by Crippen LogP contribution is -2.28. The number of nitrogens with one attached hydrogen (secondary N) is 2. The van der Waals surface area contributed by atoms with Gasteiger partial charge in [0.1, 0.15) is 12.2 Å². The Hall–Kier alpha value is -1.76. The van der Waals surface area contributed by atoms with Crippen molar-refractivity contribution in [1.82, 2.24) is 5.48 Å². The molecule has 1 aromatic rings. The number of hydroxylamine groups is 1. The van der Waals surface area contributed by atoms with Gasteiger partial charge in [0.15, 0.2) is 12.6 Å². The number of unbranched alkanes of at least 4 members (excludes halogenated alkanes) is 1. The highest BCUT2D eigenvalue weighted by molar-refractivity contribution is 5.56. The van der Waals surface area contributed by atoms with Gasteiger partial charge in [0.25, 0.3) is 0 Å². The Morgan fingerprint density at radius 3 is 2.07 bits per heavy atom. The van der Waals surface area contributed by atoms with E-state index in [1.165, 1.54) is 0 Å². The van der Waals surface area contributed by atoms with Gasteiger partial charge in [0.05, 0.1) is 5.69 Å². The van der Waals surface area contributed by atoms with Crippen LogP contribution in [0.2, 0.25) is 0 Å². The van der Waals surface area contributed by atoms with Crippen LogP contribution in [-0.2, 0) is 19.3 Å². The van der Waals surface area contributed by atoms with Crippen molar-refractivity contribution < 1.29 is 19.3 Å². The molecule has 27 heavy (non-hydrogen) atoms. The van der Waals surface area contributed by atoms with Gasteiger partial charge in [0.2, 0.25) is 0 Å². The summed E-state index contributed by atoms with van der Waals surface area (Å²) in [7, 11) is 0. The molecular formula is C21H36N2O4. The number of hydrogen-bond acceptors (Lipinski definition) is 6. The van der Waals surface area contributed by atoms with E-state index in [9.17, 15) is 9.59 Å². The number of carbonyl (C=O) groups excluding carboxylic acids is 2. The lowest BCUT2D eigenvalue weighted by molar-refractivity contribution is -0.124. The van der Waals surface area contributed by atoms with E-state index in [4.69, 9.17) is 9.68 Å². The first kappa shape index (κ1) is 25.2. The van der Waals surface area contributed by atoms with E-state index in [2.05, 4.69) is 31.7 Å². The standard InChI is InChI=1S/C11H15NO2.C10H21NO2/c1-2-6-11(9-13)14-12-10-7-4-3-5-8-10;1-4-5-6-10(8-12)13-11-7-9(2)3/h3-5,7-9,11-12H,2,6H2,1H3;8-11H,4-7H2,1-3H3.